The standard InChI is InChI=1S/C14H27N3O2/c1-4-17-8-7-16(9-11(17)2)10-14(15-3,13(18)19)12-5-6-12/h11-12,15H,4-10H2,1-3H3,(H,18,19). The summed E-state index contributed by atoms with van der Waals surface area (Å²) in [5.74, 6) is -0.391. The van der Waals surface area contributed by atoms with Crippen molar-refractivity contribution in [3.63, 3.8) is 0 Å². The molecule has 1 heterocycles. The van der Waals surface area contributed by atoms with Gasteiger partial charge in [0.05, 0.1) is 0 Å². The summed E-state index contributed by atoms with van der Waals surface area (Å²) < 4.78 is 0. The minimum atomic E-state index is -0.742. The van der Waals surface area contributed by atoms with Crippen LogP contribution in [0, 0.1) is 5.92 Å². The quantitative estimate of drug-likeness (QED) is 0.734. The van der Waals surface area contributed by atoms with Crippen LogP contribution in [0.3, 0.4) is 0 Å². The first-order chi connectivity index (χ1) is 9.03. The molecule has 2 N–H and O–H groups in total. The van der Waals surface area contributed by atoms with Crippen LogP contribution in [-0.2, 0) is 4.79 Å². The monoisotopic (exact) mass is 269 g/mol. The zero-order chi connectivity index (χ0) is 14.0. The van der Waals surface area contributed by atoms with Crippen LogP contribution in [0.5, 0.6) is 0 Å². The van der Waals surface area contributed by atoms with Gasteiger partial charge in [0.15, 0.2) is 0 Å². The van der Waals surface area contributed by atoms with Crippen LogP contribution >= 0.6 is 0 Å². The largest absolute Gasteiger partial charge is 0.480 e. The van der Waals surface area contributed by atoms with E-state index in [9.17, 15) is 9.90 Å². The van der Waals surface area contributed by atoms with Gasteiger partial charge >= 0.3 is 5.97 Å². The van der Waals surface area contributed by atoms with Crippen LogP contribution in [0.4, 0.5) is 0 Å². The van der Waals surface area contributed by atoms with Gasteiger partial charge in [-0.25, -0.2) is 0 Å². The normalized spacial score (nSPS) is 29.1. The number of aliphatic carboxylic acids is 1. The van der Waals surface area contributed by atoms with Gasteiger partial charge in [-0.2, -0.15) is 0 Å². The van der Waals surface area contributed by atoms with E-state index < -0.39 is 11.5 Å². The highest BCUT2D eigenvalue weighted by Crippen LogP contribution is 2.40. The highest BCUT2D eigenvalue weighted by atomic mass is 16.4. The molecule has 0 bridgehead atoms. The van der Waals surface area contributed by atoms with Gasteiger partial charge in [-0.3, -0.25) is 14.6 Å². The topological polar surface area (TPSA) is 55.8 Å². The second kappa shape index (κ2) is 5.77. The van der Waals surface area contributed by atoms with Crippen LogP contribution in [0.1, 0.15) is 26.7 Å². The number of rotatable bonds is 6. The zero-order valence-electron chi connectivity index (χ0n) is 12.4. The average molecular weight is 269 g/mol. The Morgan fingerprint density at radius 1 is 1.42 bits per heavy atom. The summed E-state index contributed by atoms with van der Waals surface area (Å²) >= 11 is 0. The Balaban J connectivity index is 2.00. The third kappa shape index (κ3) is 2.93. The highest BCUT2D eigenvalue weighted by molar-refractivity contribution is 5.80. The molecule has 19 heavy (non-hydrogen) atoms. The molecule has 2 fully saturated rings. The first kappa shape index (κ1) is 14.8. The van der Waals surface area contributed by atoms with Crippen LogP contribution in [-0.4, -0.2) is 72.2 Å². The van der Waals surface area contributed by atoms with Crippen molar-refractivity contribution in [1.82, 2.24) is 15.1 Å². The smallest absolute Gasteiger partial charge is 0.325 e. The summed E-state index contributed by atoms with van der Waals surface area (Å²) in [7, 11) is 1.79. The summed E-state index contributed by atoms with van der Waals surface area (Å²) in [4.78, 5) is 16.5. The first-order valence-corrected chi connectivity index (χ1v) is 7.42. The third-order valence-corrected chi connectivity index (χ3v) is 4.83. The number of piperazine rings is 1. The summed E-state index contributed by atoms with van der Waals surface area (Å²) in [5.41, 5.74) is -0.742. The predicted octanol–water partition coefficient (Wildman–Crippen LogP) is 0.465. The summed E-state index contributed by atoms with van der Waals surface area (Å²) in [6.07, 6.45) is 2.08. The van der Waals surface area contributed by atoms with E-state index in [-0.39, 0.29) is 0 Å². The molecular weight excluding hydrogens is 242 g/mol. The molecule has 1 aliphatic heterocycles. The Kier molecular flexibility index (Phi) is 4.48. The number of hydrogen-bond donors (Lipinski definition) is 2. The van der Waals surface area contributed by atoms with Crippen molar-refractivity contribution in [2.75, 3.05) is 39.8 Å². The number of hydrogen-bond acceptors (Lipinski definition) is 4. The molecule has 0 amide bonds. The molecule has 1 saturated carbocycles. The van der Waals surface area contributed by atoms with Gasteiger partial charge in [-0.15, -0.1) is 0 Å². The molecule has 2 rings (SSSR count). The molecule has 0 aromatic carbocycles. The molecule has 0 radical (unpaired) electrons. The number of carbonyl (C=O) groups is 1. The maximum atomic E-state index is 11.7. The molecule has 2 unspecified atom stereocenters. The van der Waals surface area contributed by atoms with Crippen LogP contribution in [0.25, 0.3) is 0 Å². The van der Waals surface area contributed by atoms with Crippen molar-refractivity contribution in [1.29, 1.82) is 0 Å². The van der Waals surface area contributed by atoms with Crippen molar-refractivity contribution in [3.05, 3.63) is 0 Å². The number of nitrogens with zero attached hydrogens (tertiary/aromatic N) is 2. The van der Waals surface area contributed by atoms with Gasteiger partial charge in [-0.1, -0.05) is 6.92 Å². The van der Waals surface area contributed by atoms with Gasteiger partial charge in [0.1, 0.15) is 5.54 Å². The van der Waals surface area contributed by atoms with Crippen molar-refractivity contribution in [2.45, 2.75) is 38.3 Å². The number of likely N-dealkylation sites (N-methyl/N-ethyl adjacent to an activating group) is 2. The van der Waals surface area contributed by atoms with E-state index in [0.717, 1.165) is 39.0 Å². The van der Waals surface area contributed by atoms with E-state index in [1.54, 1.807) is 7.05 Å². The Morgan fingerprint density at radius 2 is 2.11 bits per heavy atom. The molecule has 0 spiro atoms. The fourth-order valence-electron chi connectivity index (χ4n) is 3.37. The molecule has 5 nitrogen and oxygen atoms in total. The number of carboxylic acids is 1. The number of nitrogens with one attached hydrogen (secondary N) is 1. The third-order valence-electron chi connectivity index (χ3n) is 4.83. The minimum Gasteiger partial charge on any atom is -0.480 e. The van der Waals surface area contributed by atoms with Crippen molar-refractivity contribution < 1.29 is 9.90 Å². The van der Waals surface area contributed by atoms with Gasteiger partial charge < -0.3 is 10.4 Å². The van der Waals surface area contributed by atoms with Gasteiger partial charge in [0.2, 0.25) is 0 Å². The van der Waals surface area contributed by atoms with Crippen LogP contribution in [0.15, 0.2) is 0 Å². The molecule has 2 aliphatic rings. The fraction of sp³-hybridized carbons (Fsp3) is 0.929. The predicted molar refractivity (Wildman–Crippen MR) is 75.3 cm³/mol. The second-order valence-electron chi connectivity index (χ2n) is 6.01. The van der Waals surface area contributed by atoms with E-state index in [0.29, 0.717) is 18.5 Å². The van der Waals surface area contributed by atoms with Crippen molar-refractivity contribution in [2.24, 2.45) is 5.92 Å². The van der Waals surface area contributed by atoms with Crippen LogP contribution < -0.4 is 5.32 Å². The molecule has 5 heteroatoms. The van der Waals surface area contributed by atoms with Gasteiger partial charge in [0, 0.05) is 32.2 Å². The number of carboxylic acid groups (broad SMARTS) is 1. The first-order valence-electron chi connectivity index (χ1n) is 7.42. The molecule has 110 valence electrons. The van der Waals surface area contributed by atoms with E-state index in [1.165, 1.54) is 0 Å². The van der Waals surface area contributed by atoms with E-state index in [2.05, 4.69) is 29.0 Å². The lowest BCUT2D eigenvalue weighted by Crippen LogP contribution is -2.63. The maximum Gasteiger partial charge on any atom is 0.325 e. The summed E-state index contributed by atoms with van der Waals surface area (Å²) in [5, 5.41) is 12.7. The lowest BCUT2D eigenvalue weighted by molar-refractivity contribution is -0.147. The molecule has 0 aromatic rings. The SMILES string of the molecule is CCN1CCN(CC(NC)(C(=O)O)C2CC2)CC1C. The van der Waals surface area contributed by atoms with Crippen molar-refractivity contribution in [3.8, 4) is 0 Å². The Labute approximate surface area is 115 Å². The lowest BCUT2D eigenvalue weighted by atomic mass is 9.92. The fourth-order valence-corrected chi connectivity index (χ4v) is 3.37. The highest BCUT2D eigenvalue weighted by Gasteiger charge is 2.51. The van der Waals surface area contributed by atoms with E-state index in [1.807, 2.05) is 0 Å². The molecular formula is C14H27N3O2. The van der Waals surface area contributed by atoms with E-state index >= 15 is 0 Å². The van der Waals surface area contributed by atoms with Gasteiger partial charge in [-0.05, 0) is 39.3 Å². The van der Waals surface area contributed by atoms with Crippen molar-refractivity contribution >= 4 is 5.97 Å². The zero-order valence-corrected chi connectivity index (χ0v) is 12.4. The summed E-state index contributed by atoms with van der Waals surface area (Å²) in [6.45, 7) is 9.11. The lowest BCUT2D eigenvalue weighted by Gasteiger charge is -2.43. The van der Waals surface area contributed by atoms with Crippen LogP contribution in [0.2, 0.25) is 0 Å². The molecule has 1 aliphatic carbocycles. The Bertz CT molecular complexity index is 333. The Hall–Kier alpha value is -0.650. The summed E-state index contributed by atoms with van der Waals surface area (Å²) in [6, 6.07) is 0.515. The molecule has 1 saturated heterocycles. The minimum absolute atomic E-state index is 0.300. The van der Waals surface area contributed by atoms with Gasteiger partial charge in [0.25, 0.3) is 0 Å². The van der Waals surface area contributed by atoms with E-state index in [4.69, 9.17) is 0 Å². The average Bonchev–Trinajstić information content (AvgIpc) is 3.20. The molecule has 2 atom stereocenters. The maximum absolute atomic E-state index is 11.7. The second-order valence-corrected chi connectivity index (χ2v) is 6.01. The Morgan fingerprint density at radius 3 is 2.53 bits per heavy atom. The molecule has 0 aromatic heterocycles.